The Morgan fingerprint density at radius 1 is 1.56 bits per heavy atom. The first kappa shape index (κ1) is 11.2. The molecule has 0 bridgehead atoms. The van der Waals surface area contributed by atoms with Gasteiger partial charge in [0.1, 0.15) is 6.04 Å². The summed E-state index contributed by atoms with van der Waals surface area (Å²) in [5, 5.41) is 3.78. The maximum absolute atomic E-state index is 11.1. The monoisotopic (exact) mass is 239 g/mol. The lowest BCUT2D eigenvalue weighted by atomic mass is 10.1. The van der Waals surface area contributed by atoms with Crippen molar-refractivity contribution in [1.29, 1.82) is 0 Å². The molecule has 1 aliphatic heterocycles. The van der Waals surface area contributed by atoms with Gasteiger partial charge < -0.3 is 16.0 Å². The second-order valence-electron chi connectivity index (χ2n) is 3.83. The number of nitrogens with zero attached hydrogens (tertiary/aromatic N) is 1. The topological polar surface area (TPSA) is 58.4 Å². The highest BCUT2D eigenvalue weighted by Gasteiger charge is 2.23. The van der Waals surface area contributed by atoms with E-state index >= 15 is 0 Å². The smallest absolute Gasteiger partial charge is 0.236 e. The van der Waals surface area contributed by atoms with E-state index in [9.17, 15) is 4.79 Å². The molecule has 86 valence electrons. The Labute approximate surface area is 99.4 Å². The summed E-state index contributed by atoms with van der Waals surface area (Å²) in [6.07, 6.45) is 0. The maximum atomic E-state index is 11.1. The van der Waals surface area contributed by atoms with Gasteiger partial charge in [0.15, 0.2) is 0 Å². The van der Waals surface area contributed by atoms with Gasteiger partial charge in [0.25, 0.3) is 0 Å². The minimum atomic E-state index is -0.313. The molecule has 1 amide bonds. The van der Waals surface area contributed by atoms with Crippen LogP contribution >= 0.6 is 11.6 Å². The van der Waals surface area contributed by atoms with Gasteiger partial charge >= 0.3 is 0 Å². The van der Waals surface area contributed by atoms with Crippen LogP contribution in [0.25, 0.3) is 0 Å². The molecule has 1 fully saturated rings. The molecule has 1 aliphatic rings. The van der Waals surface area contributed by atoms with Crippen LogP contribution in [0.15, 0.2) is 24.3 Å². The summed E-state index contributed by atoms with van der Waals surface area (Å²) >= 11 is 5.93. The zero-order valence-electron chi connectivity index (χ0n) is 8.82. The van der Waals surface area contributed by atoms with Crippen molar-refractivity contribution in [3.8, 4) is 0 Å². The second-order valence-corrected chi connectivity index (χ2v) is 4.27. The van der Waals surface area contributed by atoms with Gasteiger partial charge in [0.2, 0.25) is 5.91 Å². The molecule has 0 radical (unpaired) electrons. The summed E-state index contributed by atoms with van der Waals surface area (Å²) < 4.78 is 0. The Morgan fingerprint density at radius 2 is 2.38 bits per heavy atom. The minimum absolute atomic E-state index is 0.285. The van der Waals surface area contributed by atoms with Crippen LogP contribution in [-0.4, -0.2) is 31.6 Å². The van der Waals surface area contributed by atoms with Crippen molar-refractivity contribution in [3.05, 3.63) is 29.3 Å². The van der Waals surface area contributed by atoms with E-state index in [1.165, 1.54) is 0 Å². The summed E-state index contributed by atoms with van der Waals surface area (Å²) in [6.45, 7) is 2.19. The zero-order valence-corrected chi connectivity index (χ0v) is 9.57. The van der Waals surface area contributed by atoms with Gasteiger partial charge in [-0.2, -0.15) is 0 Å². The van der Waals surface area contributed by atoms with Crippen LogP contribution in [0.5, 0.6) is 0 Å². The van der Waals surface area contributed by atoms with Gasteiger partial charge in [-0.25, -0.2) is 0 Å². The van der Waals surface area contributed by atoms with E-state index in [0.717, 1.165) is 18.8 Å². The quantitative estimate of drug-likeness (QED) is 0.795. The molecule has 1 heterocycles. The number of carbonyl (C=O) groups is 1. The van der Waals surface area contributed by atoms with Crippen LogP contribution in [0.4, 0.5) is 5.69 Å². The molecule has 0 saturated carbocycles. The molecule has 4 nitrogen and oxygen atoms in total. The van der Waals surface area contributed by atoms with E-state index in [4.69, 9.17) is 17.3 Å². The van der Waals surface area contributed by atoms with Crippen molar-refractivity contribution in [2.45, 2.75) is 6.04 Å². The number of amides is 1. The van der Waals surface area contributed by atoms with E-state index < -0.39 is 0 Å². The number of halogens is 1. The van der Waals surface area contributed by atoms with Gasteiger partial charge in [0.05, 0.1) is 0 Å². The molecule has 5 heteroatoms. The molecule has 0 spiro atoms. The third-order valence-corrected chi connectivity index (χ3v) is 2.93. The lowest BCUT2D eigenvalue weighted by Crippen LogP contribution is -2.56. The number of rotatable bonds is 2. The normalized spacial score (nSPS) is 20.8. The summed E-state index contributed by atoms with van der Waals surface area (Å²) in [6, 6.07) is 7.32. The van der Waals surface area contributed by atoms with Crippen molar-refractivity contribution in [1.82, 2.24) is 5.32 Å². The number of carbonyl (C=O) groups excluding carboxylic acids is 1. The molecular weight excluding hydrogens is 226 g/mol. The number of piperazine rings is 1. The van der Waals surface area contributed by atoms with E-state index in [-0.39, 0.29) is 11.9 Å². The largest absolute Gasteiger partial charge is 0.368 e. The first-order valence-electron chi connectivity index (χ1n) is 5.20. The molecule has 0 aromatic heterocycles. The van der Waals surface area contributed by atoms with Gasteiger partial charge in [-0.15, -0.1) is 0 Å². The SMILES string of the molecule is NC(=O)C1CN(c2cccc(Cl)c2)CCN1. The number of benzene rings is 1. The molecule has 3 N–H and O–H groups in total. The molecule has 1 saturated heterocycles. The van der Waals surface area contributed by atoms with Crippen molar-refractivity contribution < 1.29 is 4.79 Å². The van der Waals surface area contributed by atoms with Crippen LogP contribution in [0.1, 0.15) is 0 Å². The number of hydrogen-bond donors (Lipinski definition) is 2. The summed E-state index contributed by atoms with van der Waals surface area (Å²) in [7, 11) is 0. The van der Waals surface area contributed by atoms with E-state index in [1.807, 2.05) is 24.3 Å². The first-order chi connectivity index (χ1) is 7.66. The van der Waals surface area contributed by atoms with Crippen LogP contribution < -0.4 is 16.0 Å². The fourth-order valence-corrected chi connectivity index (χ4v) is 2.03. The fourth-order valence-electron chi connectivity index (χ4n) is 1.85. The highest BCUT2D eigenvalue weighted by molar-refractivity contribution is 6.30. The molecule has 1 atom stereocenters. The van der Waals surface area contributed by atoms with Gasteiger partial charge in [0, 0.05) is 30.3 Å². The van der Waals surface area contributed by atoms with Crippen molar-refractivity contribution in [3.63, 3.8) is 0 Å². The number of nitrogens with one attached hydrogen (secondary N) is 1. The van der Waals surface area contributed by atoms with Gasteiger partial charge in [-0.3, -0.25) is 4.79 Å². The highest BCUT2D eigenvalue weighted by Crippen LogP contribution is 2.20. The van der Waals surface area contributed by atoms with Gasteiger partial charge in [-0.05, 0) is 18.2 Å². The standard InChI is InChI=1S/C11H14ClN3O/c12-8-2-1-3-9(6-8)15-5-4-14-10(7-15)11(13)16/h1-3,6,10,14H,4-5,7H2,(H2,13,16). The average molecular weight is 240 g/mol. The molecular formula is C11H14ClN3O. The Morgan fingerprint density at radius 3 is 3.06 bits per heavy atom. The van der Waals surface area contributed by atoms with E-state index in [2.05, 4.69) is 10.2 Å². The molecule has 2 rings (SSSR count). The molecule has 16 heavy (non-hydrogen) atoms. The lowest BCUT2D eigenvalue weighted by molar-refractivity contribution is -0.120. The molecule has 1 aromatic carbocycles. The third-order valence-electron chi connectivity index (χ3n) is 2.69. The third kappa shape index (κ3) is 2.46. The zero-order chi connectivity index (χ0) is 11.5. The summed E-state index contributed by atoms with van der Waals surface area (Å²) in [5.41, 5.74) is 6.31. The highest BCUT2D eigenvalue weighted by atomic mass is 35.5. The second kappa shape index (κ2) is 4.72. The fraction of sp³-hybridized carbons (Fsp3) is 0.364. The lowest BCUT2D eigenvalue weighted by Gasteiger charge is -2.33. The first-order valence-corrected chi connectivity index (χ1v) is 5.58. The van der Waals surface area contributed by atoms with E-state index in [1.54, 1.807) is 0 Å². The minimum Gasteiger partial charge on any atom is -0.368 e. The Kier molecular flexibility index (Phi) is 3.31. The Bertz CT molecular complexity index is 397. The van der Waals surface area contributed by atoms with Crippen molar-refractivity contribution in [2.75, 3.05) is 24.5 Å². The van der Waals surface area contributed by atoms with Crippen molar-refractivity contribution >= 4 is 23.2 Å². The number of nitrogens with two attached hydrogens (primary N) is 1. The Balaban J connectivity index is 2.12. The van der Waals surface area contributed by atoms with Crippen LogP contribution in [0.3, 0.4) is 0 Å². The number of anilines is 1. The van der Waals surface area contributed by atoms with Gasteiger partial charge in [-0.1, -0.05) is 17.7 Å². The van der Waals surface area contributed by atoms with Crippen LogP contribution in [0, 0.1) is 0 Å². The summed E-state index contributed by atoms with van der Waals surface area (Å²) in [4.78, 5) is 13.2. The average Bonchev–Trinajstić information content (AvgIpc) is 2.29. The summed E-state index contributed by atoms with van der Waals surface area (Å²) in [5.74, 6) is -0.313. The number of primary amides is 1. The molecule has 1 aromatic rings. The maximum Gasteiger partial charge on any atom is 0.236 e. The van der Waals surface area contributed by atoms with Crippen molar-refractivity contribution in [2.24, 2.45) is 5.73 Å². The van der Waals surface area contributed by atoms with Crippen LogP contribution in [-0.2, 0) is 4.79 Å². The number of hydrogen-bond acceptors (Lipinski definition) is 3. The predicted molar refractivity (Wildman–Crippen MR) is 64.7 cm³/mol. The van der Waals surface area contributed by atoms with E-state index in [0.29, 0.717) is 11.6 Å². The molecule has 1 unspecified atom stereocenters. The predicted octanol–water partition coefficient (Wildman–Crippen LogP) is 0.603. The Hall–Kier alpha value is -1.26. The molecule has 0 aliphatic carbocycles. The van der Waals surface area contributed by atoms with Crippen LogP contribution in [0.2, 0.25) is 5.02 Å².